The molecule has 1 aliphatic rings. The van der Waals surface area contributed by atoms with Crippen LogP contribution in [0.15, 0.2) is 24.3 Å². The number of para-hydroxylation sites is 2. The molecule has 6 heteroatoms. The lowest BCUT2D eigenvalue weighted by Crippen LogP contribution is -2.49. The summed E-state index contributed by atoms with van der Waals surface area (Å²) in [6, 6.07) is 7.10. The first kappa shape index (κ1) is 14.3. The highest BCUT2D eigenvalue weighted by molar-refractivity contribution is 6.03. The van der Waals surface area contributed by atoms with E-state index in [1.165, 1.54) is 4.90 Å². The van der Waals surface area contributed by atoms with E-state index in [0.29, 0.717) is 11.4 Å². The van der Waals surface area contributed by atoms with Gasteiger partial charge in [0.2, 0.25) is 5.91 Å². The van der Waals surface area contributed by atoms with Gasteiger partial charge in [-0.3, -0.25) is 14.5 Å². The highest BCUT2D eigenvalue weighted by Crippen LogP contribution is 2.33. The number of aliphatic hydroxyl groups excluding tert-OH is 1. The van der Waals surface area contributed by atoms with E-state index < -0.39 is 12.2 Å². The van der Waals surface area contributed by atoms with Gasteiger partial charge in [0, 0.05) is 6.54 Å². The molecular weight excluding hydrogens is 260 g/mol. The first-order chi connectivity index (χ1) is 9.49. The van der Waals surface area contributed by atoms with Crippen LogP contribution in [0.1, 0.15) is 13.8 Å². The van der Waals surface area contributed by atoms with Crippen molar-refractivity contribution < 1.29 is 19.4 Å². The second-order valence-electron chi connectivity index (χ2n) is 4.81. The second-order valence-corrected chi connectivity index (χ2v) is 4.81. The number of fused-ring (bicyclic) bond motifs is 1. The molecule has 1 aromatic rings. The summed E-state index contributed by atoms with van der Waals surface area (Å²) in [5, 5.41) is 11.7. The molecule has 0 saturated carbocycles. The van der Waals surface area contributed by atoms with Crippen molar-refractivity contribution >= 4 is 17.5 Å². The van der Waals surface area contributed by atoms with Gasteiger partial charge in [-0.25, -0.2) is 0 Å². The number of carbonyl (C=O) groups excluding carboxylic acids is 2. The average molecular weight is 278 g/mol. The molecule has 0 saturated heterocycles. The Morgan fingerprint density at radius 1 is 1.50 bits per heavy atom. The van der Waals surface area contributed by atoms with Crippen molar-refractivity contribution in [3.05, 3.63) is 24.3 Å². The topological polar surface area (TPSA) is 78.9 Å². The number of nitrogens with zero attached hydrogens (tertiary/aromatic N) is 1. The maximum atomic E-state index is 12.1. The highest BCUT2D eigenvalue weighted by Gasteiger charge is 2.32. The molecule has 1 heterocycles. The predicted molar refractivity (Wildman–Crippen MR) is 73.6 cm³/mol. The Hall–Kier alpha value is -2.08. The number of benzene rings is 1. The van der Waals surface area contributed by atoms with E-state index in [0.717, 1.165) is 0 Å². The Kier molecular flexibility index (Phi) is 4.24. The van der Waals surface area contributed by atoms with Crippen LogP contribution in [-0.2, 0) is 9.59 Å². The van der Waals surface area contributed by atoms with Crippen molar-refractivity contribution in [1.82, 2.24) is 5.32 Å². The number of hydrogen-bond acceptors (Lipinski definition) is 4. The van der Waals surface area contributed by atoms with Crippen LogP contribution in [0.3, 0.4) is 0 Å². The maximum absolute atomic E-state index is 12.1. The fourth-order valence-corrected chi connectivity index (χ4v) is 1.98. The van der Waals surface area contributed by atoms with Crippen LogP contribution in [0.25, 0.3) is 0 Å². The summed E-state index contributed by atoms with van der Waals surface area (Å²) in [6.07, 6.45) is -1.24. The molecule has 108 valence electrons. The lowest BCUT2D eigenvalue weighted by molar-refractivity contribution is -0.128. The van der Waals surface area contributed by atoms with Gasteiger partial charge in [0.1, 0.15) is 12.3 Å². The van der Waals surface area contributed by atoms with Crippen molar-refractivity contribution in [2.45, 2.75) is 26.1 Å². The Labute approximate surface area is 117 Å². The number of nitrogens with one attached hydrogen (secondary N) is 1. The normalized spacial score (nSPS) is 19.1. The molecule has 6 nitrogen and oxygen atoms in total. The third-order valence-corrected chi connectivity index (χ3v) is 2.97. The first-order valence-electron chi connectivity index (χ1n) is 6.51. The van der Waals surface area contributed by atoms with Gasteiger partial charge in [0.25, 0.3) is 5.91 Å². The smallest absolute Gasteiger partial charge is 0.268 e. The van der Waals surface area contributed by atoms with Crippen molar-refractivity contribution in [2.24, 2.45) is 0 Å². The standard InChI is InChI=1S/C14H18N2O4/c1-9(17)7-15-13(18)8-16-11-5-3-4-6-12(11)20-10(2)14(16)19/h3-6,9-10,17H,7-8H2,1-2H3,(H,15,18). The third-order valence-electron chi connectivity index (χ3n) is 2.97. The number of ether oxygens (including phenoxy) is 1. The molecule has 0 bridgehead atoms. The van der Waals surface area contributed by atoms with Crippen LogP contribution in [-0.4, -0.2) is 42.2 Å². The monoisotopic (exact) mass is 278 g/mol. The molecule has 2 rings (SSSR count). The van der Waals surface area contributed by atoms with Gasteiger partial charge in [0.15, 0.2) is 6.10 Å². The van der Waals surface area contributed by atoms with Crippen molar-refractivity contribution in [2.75, 3.05) is 18.0 Å². The van der Waals surface area contributed by atoms with Gasteiger partial charge in [-0.1, -0.05) is 12.1 Å². The van der Waals surface area contributed by atoms with Crippen molar-refractivity contribution in [1.29, 1.82) is 0 Å². The van der Waals surface area contributed by atoms with E-state index in [1.54, 1.807) is 32.0 Å². The molecule has 0 fully saturated rings. The number of amides is 2. The lowest BCUT2D eigenvalue weighted by atomic mass is 10.2. The summed E-state index contributed by atoms with van der Waals surface area (Å²) < 4.78 is 5.49. The van der Waals surface area contributed by atoms with E-state index in [1.807, 2.05) is 6.07 Å². The zero-order valence-electron chi connectivity index (χ0n) is 11.5. The minimum Gasteiger partial charge on any atom is -0.479 e. The Bertz CT molecular complexity index is 516. The van der Waals surface area contributed by atoms with Crippen LogP contribution in [0, 0.1) is 0 Å². The third kappa shape index (κ3) is 3.08. The van der Waals surface area contributed by atoms with Gasteiger partial charge < -0.3 is 15.2 Å². The minimum atomic E-state index is -0.620. The van der Waals surface area contributed by atoms with Crippen molar-refractivity contribution in [3.8, 4) is 5.75 Å². The molecule has 0 radical (unpaired) electrons. The van der Waals surface area contributed by atoms with Crippen LogP contribution in [0.2, 0.25) is 0 Å². The SMILES string of the molecule is CC(O)CNC(=O)CN1C(=O)C(C)Oc2ccccc21. The minimum absolute atomic E-state index is 0.0870. The highest BCUT2D eigenvalue weighted by atomic mass is 16.5. The number of rotatable bonds is 4. The number of anilines is 1. The van der Waals surface area contributed by atoms with Gasteiger partial charge in [0.05, 0.1) is 11.8 Å². The summed E-state index contributed by atoms with van der Waals surface area (Å²) in [5.41, 5.74) is 0.586. The number of carbonyl (C=O) groups is 2. The van der Waals surface area contributed by atoms with Crippen LogP contribution in [0.4, 0.5) is 5.69 Å². The lowest BCUT2D eigenvalue weighted by Gasteiger charge is -2.32. The average Bonchev–Trinajstić information content (AvgIpc) is 2.41. The molecule has 2 amide bonds. The second kappa shape index (κ2) is 5.92. The fourth-order valence-electron chi connectivity index (χ4n) is 1.98. The molecule has 20 heavy (non-hydrogen) atoms. The zero-order valence-corrected chi connectivity index (χ0v) is 11.5. The summed E-state index contributed by atoms with van der Waals surface area (Å²) in [7, 11) is 0. The van der Waals surface area contributed by atoms with Gasteiger partial charge >= 0.3 is 0 Å². The largest absolute Gasteiger partial charge is 0.479 e. The fraction of sp³-hybridized carbons (Fsp3) is 0.429. The molecule has 0 aliphatic carbocycles. The Morgan fingerprint density at radius 2 is 2.20 bits per heavy atom. The van der Waals surface area contributed by atoms with E-state index in [-0.39, 0.29) is 24.9 Å². The molecule has 0 aromatic heterocycles. The van der Waals surface area contributed by atoms with Crippen molar-refractivity contribution in [3.63, 3.8) is 0 Å². The van der Waals surface area contributed by atoms with Gasteiger partial charge in [-0.05, 0) is 26.0 Å². The molecule has 0 spiro atoms. The van der Waals surface area contributed by atoms with E-state index >= 15 is 0 Å². The summed E-state index contributed by atoms with van der Waals surface area (Å²) in [6.45, 7) is 3.31. The van der Waals surface area contributed by atoms with E-state index in [9.17, 15) is 9.59 Å². The summed E-state index contributed by atoms with van der Waals surface area (Å²) >= 11 is 0. The van der Waals surface area contributed by atoms with Gasteiger partial charge in [-0.2, -0.15) is 0 Å². The van der Waals surface area contributed by atoms with E-state index in [2.05, 4.69) is 5.32 Å². The summed E-state index contributed by atoms with van der Waals surface area (Å²) in [5.74, 6) is 0.0157. The quantitative estimate of drug-likeness (QED) is 0.830. The predicted octanol–water partition coefficient (Wildman–Crippen LogP) is 0.298. The molecular formula is C14H18N2O4. The Balaban J connectivity index is 2.13. The first-order valence-corrected chi connectivity index (χ1v) is 6.51. The van der Waals surface area contributed by atoms with Crippen LogP contribution < -0.4 is 15.0 Å². The molecule has 1 aliphatic heterocycles. The molecule has 2 atom stereocenters. The van der Waals surface area contributed by atoms with Crippen LogP contribution >= 0.6 is 0 Å². The van der Waals surface area contributed by atoms with Crippen LogP contribution in [0.5, 0.6) is 5.75 Å². The molecule has 2 unspecified atom stereocenters. The van der Waals surface area contributed by atoms with E-state index in [4.69, 9.17) is 9.84 Å². The van der Waals surface area contributed by atoms with Gasteiger partial charge in [-0.15, -0.1) is 0 Å². The Morgan fingerprint density at radius 3 is 2.90 bits per heavy atom. The summed E-state index contributed by atoms with van der Waals surface area (Å²) in [4.78, 5) is 25.4. The number of hydrogen-bond donors (Lipinski definition) is 2. The molecule has 2 N–H and O–H groups in total. The zero-order chi connectivity index (χ0) is 14.7. The molecule has 1 aromatic carbocycles. The maximum Gasteiger partial charge on any atom is 0.268 e. The number of aliphatic hydroxyl groups is 1.